The van der Waals surface area contributed by atoms with Gasteiger partial charge in [-0.2, -0.15) is 0 Å². The van der Waals surface area contributed by atoms with Crippen molar-refractivity contribution in [1.29, 1.82) is 0 Å². The maximum Gasteiger partial charge on any atom is 0.126 e. The summed E-state index contributed by atoms with van der Waals surface area (Å²) in [5, 5.41) is 0.912. The topological polar surface area (TPSA) is 21.6 Å². The van der Waals surface area contributed by atoms with Crippen molar-refractivity contribution in [2.75, 3.05) is 0 Å². The molecule has 0 radical (unpaired) electrons. The number of aryl methyl sites for hydroxylation is 1. The highest BCUT2D eigenvalue weighted by molar-refractivity contribution is 8.14. The molecule has 3 rings (SSSR count). The van der Waals surface area contributed by atoms with Crippen molar-refractivity contribution < 1.29 is 4.74 Å². The van der Waals surface area contributed by atoms with Crippen LogP contribution in [0.15, 0.2) is 107 Å². The molecule has 0 amide bonds. The van der Waals surface area contributed by atoms with Gasteiger partial charge in [-0.1, -0.05) is 60.3 Å². The molecule has 0 bridgehead atoms. The van der Waals surface area contributed by atoms with Gasteiger partial charge in [-0.05, 0) is 55.8 Å². The second-order valence-electron chi connectivity index (χ2n) is 5.90. The van der Waals surface area contributed by atoms with E-state index in [2.05, 4.69) is 25.1 Å². The molecule has 0 fully saturated rings. The van der Waals surface area contributed by atoms with E-state index in [9.17, 15) is 0 Å². The van der Waals surface area contributed by atoms with Gasteiger partial charge in [0.05, 0.1) is 11.9 Å². The van der Waals surface area contributed by atoms with Gasteiger partial charge in [0.2, 0.25) is 0 Å². The van der Waals surface area contributed by atoms with Crippen molar-refractivity contribution in [3.8, 4) is 5.75 Å². The fourth-order valence-electron chi connectivity index (χ4n) is 2.31. The van der Waals surface area contributed by atoms with Crippen molar-refractivity contribution in [2.24, 2.45) is 4.99 Å². The van der Waals surface area contributed by atoms with Gasteiger partial charge in [0.25, 0.3) is 0 Å². The molecule has 0 aliphatic carbocycles. The van der Waals surface area contributed by atoms with Crippen LogP contribution in [0.2, 0.25) is 0 Å². The zero-order valence-corrected chi connectivity index (χ0v) is 15.7. The number of benzene rings is 3. The molecule has 0 spiro atoms. The first kappa shape index (κ1) is 18.0. The Morgan fingerprint density at radius 1 is 0.885 bits per heavy atom. The summed E-state index contributed by atoms with van der Waals surface area (Å²) >= 11 is 1.63. The summed E-state index contributed by atoms with van der Waals surface area (Å²) < 4.78 is 5.85. The summed E-state index contributed by atoms with van der Waals surface area (Å²) in [5.41, 5.74) is 3.07. The minimum atomic E-state index is 0.827. The summed E-state index contributed by atoms with van der Waals surface area (Å²) in [4.78, 5) is 5.96. The van der Waals surface area contributed by atoms with Crippen LogP contribution >= 0.6 is 11.8 Å². The molecule has 0 saturated carbocycles. The summed E-state index contributed by atoms with van der Waals surface area (Å²) in [5.74, 6) is 0.827. The van der Waals surface area contributed by atoms with Crippen LogP contribution in [0.25, 0.3) is 0 Å². The summed E-state index contributed by atoms with van der Waals surface area (Å²) in [7, 11) is 0. The fraction of sp³-hybridized carbons (Fsp3) is 0.0870. The van der Waals surface area contributed by atoms with E-state index in [1.807, 2.05) is 73.7 Å². The Morgan fingerprint density at radius 3 is 2.27 bits per heavy atom. The van der Waals surface area contributed by atoms with Gasteiger partial charge in [-0.15, -0.1) is 0 Å². The lowest BCUT2D eigenvalue weighted by Crippen LogP contribution is -1.97. The molecule has 2 nitrogen and oxygen atoms in total. The zero-order chi connectivity index (χ0) is 18.2. The molecular formula is C23H21NOS. The number of hydrogen-bond acceptors (Lipinski definition) is 3. The minimum Gasteiger partial charge on any atom is -0.465 e. The van der Waals surface area contributed by atoms with Crippen LogP contribution in [-0.2, 0) is 0 Å². The van der Waals surface area contributed by atoms with Crippen LogP contribution in [0.1, 0.15) is 12.5 Å². The predicted octanol–water partition coefficient (Wildman–Crippen LogP) is 6.80. The van der Waals surface area contributed by atoms with Gasteiger partial charge in [-0.25, -0.2) is 4.99 Å². The quantitative estimate of drug-likeness (QED) is 0.216. The fourth-order valence-corrected chi connectivity index (χ4v) is 3.18. The maximum atomic E-state index is 5.85. The molecule has 3 heteroatoms. The normalized spacial score (nSPS) is 12.1. The average Bonchev–Trinajstić information content (AvgIpc) is 2.67. The van der Waals surface area contributed by atoms with E-state index in [4.69, 9.17) is 9.73 Å². The third-order valence-electron chi connectivity index (χ3n) is 3.64. The van der Waals surface area contributed by atoms with Gasteiger partial charge < -0.3 is 4.74 Å². The molecule has 0 heterocycles. The van der Waals surface area contributed by atoms with Gasteiger partial charge in [0, 0.05) is 10.5 Å². The highest BCUT2D eigenvalue weighted by atomic mass is 32.2. The smallest absolute Gasteiger partial charge is 0.126 e. The predicted molar refractivity (Wildman–Crippen MR) is 111 cm³/mol. The number of hydrogen-bond donors (Lipinski definition) is 0. The molecule has 0 saturated heterocycles. The van der Waals surface area contributed by atoms with E-state index >= 15 is 0 Å². The van der Waals surface area contributed by atoms with E-state index < -0.39 is 0 Å². The first-order chi connectivity index (χ1) is 12.7. The third-order valence-corrected chi connectivity index (χ3v) is 4.76. The lowest BCUT2D eigenvalue weighted by Gasteiger charge is -2.08. The van der Waals surface area contributed by atoms with Gasteiger partial charge in [0.15, 0.2) is 0 Å². The van der Waals surface area contributed by atoms with Gasteiger partial charge in [-0.3, -0.25) is 0 Å². The molecule has 26 heavy (non-hydrogen) atoms. The number of para-hydroxylation sites is 1. The lowest BCUT2D eigenvalue weighted by molar-refractivity contribution is 0.478. The highest BCUT2D eigenvalue weighted by Crippen LogP contribution is 2.26. The van der Waals surface area contributed by atoms with Crippen LogP contribution in [-0.4, -0.2) is 5.04 Å². The second kappa shape index (κ2) is 9.07. The number of ether oxygens (including phenoxy) is 1. The first-order valence-electron chi connectivity index (χ1n) is 8.48. The van der Waals surface area contributed by atoms with Crippen LogP contribution in [0.5, 0.6) is 5.75 Å². The second-order valence-corrected chi connectivity index (χ2v) is 6.97. The Bertz CT molecular complexity index is 902. The van der Waals surface area contributed by atoms with Gasteiger partial charge >= 0.3 is 0 Å². The summed E-state index contributed by atoms with van der Waals surface area (Å²) in [6.07, 6.45) is 1.77. The number of thioether (sulfide) groups is 1. The Kier molecular flexibility index (Phi) is 6.29. The molecular weight excluding hydrogens is 338 g/mol. The maximum absolute atomic E-state index is 5.85. The third kappa shape index (κ3) is 5.36. The molecule has 0 N–H and O–H groups in total. The Balaban J connectivity index is 1.86. The molecule has 0 unspecified atom stereocenters. The summed E-state index contributed by atoms with van der Waals surface area (Å²) in [6.45, 7) is 4.07. The molecule has 0 aromatic heterocycles. The van der Waals surface area contributed by atoms with Crippen LogP contribution in [0, 0.1) is 6.92 Å². The molecule has 0 aliphatic rings. The Labute approximate surface area is 159 Å². The number of rotatable bonds is 5. The summed E-state index contributed by atoms with van der Waals surface area (Å²) in [6, 6.07) is 28.2. The molecule has 3 aromatic carbocycles. The van der Waals surface area contributed by atoms with Crippen LogP contribution in [0.4, 0.5) is 5.69 Å². The first-order valence-corrected chi connectivity index (χ1v) is 9.29. The lowest BCUT2D eigenvalue weighted by atomic mass is 10.2. The number of aliphatic imine (C=N–C) groups is 1. The molecule has 130 valence electrons. The van der Waals surface area contributed by atoms with Crippen molar-refractivity contribution in [3.63, 3.8) is 0 Å². The SMILES string of the molecule is CC(=COc1cccc(C)c1)/C(=N\c1ccccc1)Sc1ccccc1. The highest BCUT2D eigenvalue weighted by Gasteiger charge is 2.07. The minimum absolute atomic E-state index is 0.827. The Hall–Kier alpha value is -2.78. The van der Waals surface area contributed by atoms with E-state index in [-0.39, 0.29) is 0 Å². The van der Waals surface area contributed by atoms with Crippen LogP contribution < -0.4 is 4.74 Å². The largest absolute Gasteiger partial charge is 0.465 e. The van der Waals surface area contributed by atoms with E-state index in [1.54, 1.807) is 18.0 Å². The zero-order valence-electron chi connectivity index (χ0n) is 14.9. The van der Waals surface area contributed by atoms with Crippen molar-refractivity contribution in [2.45, 2.75) is 18.7 Å². The van der Waals surface area contributed by atoms with Gasteiger partial charge in [0.1, 0.15) is 10.8 Å². The molecule has 0 atom stereocenters. The number of nitrogens with zero attached hydrogens (tertiary/aromatic N) is 1. The van der Waals surface area contributed by atoms with Crippen molar-refractivity contribution in [1.82, 2.24) is 0 Å². The van der Waals surface area contributed by atoms with E-state index in [1.165, 1.54) is 5.56 Å². The molecule has 0 aliphatic heterocycles. The monoisotopic (exact) mass is 359 g/mol. The van der Waals surface area contributed by atoms with Crippen molar-refractivity contribution >= 4 is 22.5 Å². The average molecular weight is 359 g/mol. The van der Waals surface area contributed by atoms with E-state index in [0.717, 1.165) is 26.9 Å². The van der Waals surface area contributed by atoms with Crippen LogP contribution in [0.3, 0.4) is 0 Å². The Morgan fingerprint density at radius 2 is 1.58 bits per heavy atom. The standard InChI is InChI=1S/C23H21NOS/c1-18-10-9-13-21(16-18)25-17-19(2)23(24-20-11-5-3-6-12-20)26-22-14-7-4-8-15-22/h3-17H,1-2H3/b19-17?,24-23+. The molecule has 3 aromatic rings. The van der Waals surface area contributed by atoms with E-state index in [0.29, 0.717) is 0 Å². The van der Waals surface area contributed by atoms with Crippen molar-refractivity contribution in [3.05, 3.63) is 102 Å².